The van der Waals surface area contributed by atoms with Gasteiger partial charge in [0.15, 0.2) is 0 Å². The Hall–Kier alpha value is -3.22. The van der Waals surface area contributed by atoms with Crippen LogP contribution < -0.4 is 10.9 Å². The maximum absolute atomic E-state index is 12.8. The summed E-state index contributed by atoms with van der Waals surface area (Å²) in [7, 11) is 0. The van der Waals surface area contributed by atoms with Crippen LogP contribution in [0.15, 0.2) is 77.7 Å². The molecule has 2 heterocycles. The van der Waals surface area contributed by atoms with E-state index in [4.69, 9.17) is 11.6 Å². The average Bonchev–Trinajstić information content (AvgIpc) is 3.13. The fourth-order valence-corrected chi connectivity index (χ4v) is 4.17. The third-order valence-electron chi connectivity index (χ3n) is 4.54. The predicted molar refractivity (Wildman–Crippen MR) is 121 cm³/mol. The summed E-state index contributed by atoms with van der Waals surface area (Å²) in [5.41, 5.74) is 3.16. The van der Waals surface area contributed by atoms with Gasteiger partial charge >= 0.3 is 0 Å². The lowest BCUT2D eigenvalue weighted by molar-refractivity contribution is 0.103. The number of amides is 1. The highest BCUT2D eigenvalue weighted by Crippen LogP contribution is 2.30. The Kier molecular flexibility index (Phi) is 5.79. The van der Waals surface area contributed by atoms with Gasteiger partial charge in [-0.2, -0.15) is 0 Å². The Morgan fingerprint density at radius 3 is 2.63 bits per heavy atom. The molecule has 2 aromatic carbocycles. The highest BCUT2D eigenvalue weighted by atomic mass is 35.5. The van der Waals surface area contributed by atoms with Crippen molar-refractivity contribution in [3.8, 4) is 10.6 Å². The molecule has 5 nitrogen and oxygen atoms in total. The van der Waals surface area contributed by atoms with E-state index in [-0.39, 0.29) is 11.5 Å². The molecular formula is C23H18ClN3O2S. The molecule has 0 saturated carbocycles. The molecule has 4 rings (SSSR count). The second kappa shape index (κ2) is 8.65. The zero-order valence-corrected chi connectivity index (χ0v) is 17.7. The monoisotopic (exact) mass is 435 g/mol. The first-order chi connectivity index (χ1) is 14.5. The standard InChI is InChI=1S/C23H18ClN3O2S/c1-15-21(30-23(25-15)17-5-4-6-18(24)13-17)22(29)26-19-10-8-16(9-11-19)14-27-12-3-2-7-20(27)28/h2-13H,14H2,1H3,(H,26,29). The van der Waals surface area contributed by atoms with Crippen LogP contribution in [-0.2, 0) is 6.54 Å². The number of halogens is 1. The molecule has 0 radical (unpaired) electrons. The number of nitrogens with one attached hydrogen (secondary N) is 1. The van der Waals surface area contributed by atoms with Crippen LogP contribution in [0.5, 0.6) is 0 Å². The Bertz CT molecular complexity index is 1260. The summed E-state index contributed by atoms with van der Waals surface area (Å²) in [6.45, 7) is 2.30. The van der Waals surface area contributed by atoms with E-state index in [9.17, 15) is 9.59 Å². The van der Waals surface area contributed by atoms with Crippen molar-refractivity contribution in [2.24, 2.45) is 0 Å². The zero-order chi connectivity index (χ0) is 21.1. The summed E-state index contributed by atoms with van der Waals surface area (Å²) >= 11 is 7.40. The molecule has 0 saturated heterocycles. The third kappa shape index (κ3) is 4.50. The van der Waals surface area contributed by atoms with Gasteiger partial charge in [0.2, 0.25) is 0 Å². The van der Waals surface area contributed by atoms with Crippen molar-refractivity contribution < 1.29 is 4.79 Å². The van der Waals surface area contributed by atoms with E-state index >= 15 is 0 Å². The van der Waals surface area contributed by atoms with Gasteiger partial charge < -0.3 is 9.88 Å². The average molecular weight is 436 g/mol. The number of nitrogens with zero attached hydrogens (tertiary/aromatic N) is 2. The van der Waals surface area contributed by atoms with Crippen molar-refractivity contribution in [2.75, 3.05) is 5.32 Å². The number of aryl methyl sites for hydroxylation is 1. The molecule has 0 bridgehead atoms. The molecule has 2 aromatic heterocycles. The summed E-state index contributed by atoms with van der Waals surface area (Å²) in [4.78, 5) is 29.7. The Morgan fingerprint density at radius 1 is 1.10 bits per heavy atom. The Labute approximate surface area is 182 Å². The second-order valence-corrected chi connectivity index (χ2v) is 8.20. The number of benzene rings is 2. The molecule has 0 aliphatic heterocycles. The minimum absolute atomic E-state index is 0.0499. The van der Waals surface area contributed by atoms with E-state index in [1.165, 1.54) is 17.4 Å². The predicted octanol–water partition coefficient (Wildman–Crippen LogP) is 5.23. The molecule has 0 aliphatic rings. The first kappa shape index (κ1) is 20.1. The van der Waals surface area contributed by atoms with E-state index in [2.05, 4.69) is 10.3 Å². The number of rotatable bonds is 5. The van der Waals surface area contributed by atoms with Crippen LogP contribution in [-0.4, -0.2) is 15.5 Å². The molecular weight excluding hydrogens is 418 g/mol. The minimum Gasteiger partial charge on any atom is -0.321 e. The van der Waals surface area contributed by atoms with Crippen LogP contribution in [0.4, 0.5) is 5.69 Å². The first-order valence-corrected chi connectivity index (χ1v) is 10.5. The SMILES string of the molecule is Cc1nc(-c2cccc(Cl)c2)sc1C(=O)Nc1ccc(Cn2ccccc2=O)cc1. The molecule has 0 unspecified atom stereocenters. The largest absolute Gasteiger partial charge is 0.321 e. The number of anilines is 1. The van der Waals surface area contributed by atoms with Crippen LogP contribution in [0.2, 0.25) is 5.02 Å². The van der Waals surface area contributed by atoms with Gasteiger partial charge in [0.1, 0.15) is 9.88 Å². The van der Waals surface area contributed by atoms with Crippen LogP contribution in [0, 0.1) is 6.92 Å². The van der Waals surface area contributed by atoms with E-state index in [1.807, 2.05) is 55.5 Å². The van der Waals surface area contributed by atoms with Crippen molar-refractivity contribution in [1.82, 2.24) is 9.55 Å². The molecule has 0 spiro atoms. The molecule has 4 aromatic rings. The van der Waals surface area contributed by atoms with E-state index < -0.39 is 0 Å². The summed E-state index contributed by atoms with van der Waals surface area (Å²) in [6, 6.07) is 19.9. The lowest BCUT2D eigenvalue weighted by Crippen LogP contribution is -2.18. The van der Waals surface area contributed by atoms with Gasteiger partial charge in [-0.05, 0) is 42.8 Å². The Morgan fingerprint density at radius 2 is 1.90 bits per heavy atom. The molecule has 1 amide bonds. The maximum atomic E-state index is 12.8. The minimum atomic E-state index is -0.203. The van der Waals surface area contributed by atoms with Crippen molar-refractivity contribution >= 4 is 34.5 Å². The number of thiazole rings is 1. The van der Waals surface area contributed by atoms with Crippen LogP contribution in [0.3, 0.4) is 0 Å². The topological polar surface area (TPSA) is 64.0 Å². The summed E-state index contributed by atoms with van der Waals surface area (Å²) < 4.78 is 1.63. The van der Waals surface area contributed by atoms with Gasteiger partial charge in [-0.25, -0.2) is 4.98 Å². The normalized spacial score (nSPS) is 10.7. The van der Waals surface area contributed by atoms with E-state index in [0.29, 0.717) is 27.8 Å². The smallest absolute Gasteiger partial charge is 0.267 e. The molecule has 1 N–H and O–H groups in total. The number of hydrogen-bond donors (Lipinski definition) is 1. The quantitative estimate of drug-likeness (QED) is 0.466. The fraction of sp³-hybridized carbons (Fsp3) is 0.0870. The molecule has 0 aliphatic carbocycles. The van der Waals surface area contributed by atoms with Crippen LogP contribution in [0.1, 0.15) is 20.9 Å². The number of carbonyl (C=O) groups excluding carboxylic acids is 1. The number of carbonyl (C=O) groups is 1. The summed E-state index contributed by atoms with van der Waals surface area (Å²) in [6.07, 6.45) is 1.75. The summed E-state index contributed by atoms with van der Waals surface area (Å²) in [5.74, 6) is -0.203. The van der Waals surface area contributed by atoms with Crippen molar-refractivity contribution in [3.05, 3.63) is 104 Å². The third-order valence-corrected chi connectivity index (χ3v) is 5.98. The van der Waals surface area contributed by atoms with Crippen molar-refractivity contribution in [2.45, 2.75) is 13.5 Å². The first-order valence-electron chi connectivity index (χ1n) is 9.29. The number of hydrogen-bond acceptors (Lipinski definition) is 4. The van der Waals surface area contributed by atoms with Gasteiger partial charge in [0, 0.05) is 28.5 Å². The zero-order valence-electron chi connectivity index (χ0n) is 16.1. The Balaban J connectivity index is 1.48. The van der Waals surface area contributed by atoms with Gasteiger partial charge in [-0.1, -0.05) is 41.9 Å². The van der Waals surface area contributed by atoms with Gasteiger partial charge in [0.05, 0.1) is 12.2 Å². The highest BCUT2D eigenvalue weighted by Gasteiger charge is 2.16. The van der Waals surface area contributed by atoms with Gasteiger partial charge in [-0.15, -0.1) is 11.3 Å². The lowest BCUT2D eigenvalue weighted by Gasteiger charge is -2.07. The number of aromatic nitrogens is 2. The van der Waals surface area contributed by atoms with Gasteiger partial charge in [0.25, 0.3) is 11.5 Å². The van der Waals surface area contributed by atoms with Crippen LogP contribution in [0.25, 0.3) is 10.6 Å². The fourth-order valence-electron chi connectivity index (χ4n) is 3.02. The molecule has 0 atom stereocenters. The van der Waals surface area contributed by atoms with Crippen LogP contribution >= 0.6 is 22.9 Å². The number of pyridine rings is 1. The highest BCUT2D eigenvalue weighted by molar-refractivity contribution is 7.17. The summed E-state index contributed by atoms with van der Waals surface area (Å²) in [5, 5.41) is 4.30. The lowest BCUT2D eigenvalue weighted by atomic mass is 10.2. The second-order valence-electron chi connectivity index (χ2n) is 6.76. The molecule has 150 valence electrons. The van der Waals surface area contributed by atoms with Gasteiger partial charge in [-0.3, -0.25) is 9.59 Å². The van der Waals surface area contributed by atoms with E-state index in [0.717, 1.165) is 16.1 Å². The molecule has 30 heavy (non-hydrogen) atoms. The van der Waals surface area contributed by atoms with Crippen molar-refractivity contribution in [3.63, 3.8) is 0 Å². The van der Waals surface area contributed by atoms with Crippen molar-refractivity contribution in [1.29, 1.82) is 0 Å². The molecule has 0 fully saturated rings. The molecule has 7 heteroatoms. The maximum Gasteiger partial charge on any atom is 0.267 e. The van der Waals surface area contributed by atoms with E-state index in [1.54, 1.807) is 22.9 Å².